The van der Waals surface area contributed by atoms with Crippen molar-refractivity contribution in [2.75, 3.05) is 20.3 Å². The largest absolute Gasteiger partial charge is 0.373 e. The first-order valence-electron chi connectivity index (χ1n) is 5.85. The molecule has 2 amide bonds. The molecule has 0 aromatic carbocycles. The van der Waals surface area contributed by atoms with Gasteiger partial charge in [0.25, 0.3) is 5.92 Å². The molecule has 1 N–H and O–H groups in total. The molecule has 0 unspecified atom stereocenters. The van der Waals surface area contributed by atoms with Crippen LogP contribution in [0.25, 0.3) is 0 Å². The van der Waals surface area contributed by atoms with Crippen LogP contribution in [0.2, 0.25) is 0 Å². The van der Waals surface area contributed by atoms with E-state index in [1.54, 1.807) is 31.6 Å². The number of pyridine rings is 1. The quantitative estimate of drug-likeness (QED) is 0.900. The van der Waals surface area contributed by atoms with Crippen molar-refractivity contribution in [1.82, 2.24) is 15.2 Å². The number of amides is 2. The summed E-state index contributed by atoms with van der Waals surface area (Å²) in [4.78, 5) is 17.0. The average Bonchev–Trinajstić information content (AvgIpc) is 2.70. The van der Waals surface area contributed by atoms with Crippen LogP contribution >= 0.6 is 0 Å². The highest BCUT2D eigenvalue weighted by Gasteiger charge is 2.46. The summed E-state index contributed by atoms with van der Waals surface area (Å²) >= 11 is 0. The van der Waals surface area contributed by atoms with Crippen LogP contribution in [0.4, 0.5) is 13.6 Å². The van der Waals surface area contributed by atoms with Crippen LogP contribution in [0.15, 0.2) is 24.5 Å². The van der Waals surface area contributed by atoms with Crippen molar-refractivity contribution < 1.29 is 18.3 Å². The van der Waals surface area contributed by atoms with Crippen LogP contribution in [-0.2, 0) is 11.3 Å². The standard InChI is InChI=1S/C12H15F2N3O2/c1-17(6-9-2-4-15-5-3-9)11(18)16-10-7-19-8-12(10,13)14/h2-5,10H,6-8H2,1H3,(H,16,18)/t10-/m0/s1. The first kappa shape index (κ1) is 13.7. The number of nitrogens with one attached hydrogen (secondary N) is 1. The van der Waals surface area contributed by atoms with Gasteiger partial charge < -0.3 is 15.0 Å². The number of ether oxygens (including phenoxy) is 1. The molecule has 1 saturated heterocycles. The Kier molecular flexibility index (Phi) is 3.94. The third kappa shape index (κ3) is 3.37. The lowest BCUT2D eigenvalue weighted by molar-refractivity contribution is -0.0222. The highest BCUT2D eigenvalue weighted by atomic mass is 19.3. The molecule has 104 valence electrons. The summed E-state index contributed by atoms with van der Waals surface area (Å²) in [7, 11) is 1.55. The topological polar surface area (TPSA) is 54.5 Å². The van der Waals surface area contributed by atoms with Gasteiger partial charge in [-0.2, -0.15) is 0 Å². The third-order valence-corrected chi connectivity index (χ3v) is 2.90. The van der Waals surface area contributed by atoms with E-state index >= 15 is 0 Å². The molecule has 2 rings (SSSR count). The van der Waals surface area contributed by atoms with Crippen molar-refractivity contribution in [1.29, 1.82) is 0 Å². The van der Waals surface area contributed by atoms with Gasteiger partial charge in [0, 0.05) is 26.0 Å². The van der Waals surface area contributed by atoms with Gasteiger partial charge in [-0.05, 0) is 17.7 Å². The van der Waals surface area contributed by atoms with Crippen molar-refractivity contribution in [3.8, 4) is 0 Å². The zero-order valence-corrected chi connectivity index (χ0v) is 10.5. The highest BCUT2D eigenvalue weighted by Crippen LogP contribution is 2.25. The second-order valence-corrected chi connectivity index (χ2v) is 4.49. The van der Waals surface area contributed by atoms with Gasteiger partial charge in [0.2, 0.25) is 0 Å². The third-order valence-electron chi connectivity index (χ3n) is 2.90. The summed E-state index contributed by atoms with van der Waals surface area (Å²) in [6.45, 7) is -0.485. The molecule has 1 fully saturated rings. The number of alkyl halides is 2. The molecule has 2 heterocycles. The first-order valence-corrected chi connectivity index (χ1v) is 5.85. The Morgan fingerprint density at radius 3 is 2.84 bits per heavy atom. The molecule has 1 atom stereocenters. The van der Waals surface area contributed by atoms with E-state index in [0.717, 1.165) is 5.56 Å². The van der Waals surface area contributed by atoms with E-state index in [0.29, 0.717) is 6.54 Å². The van der Waals surface area contributed by atoms with Crippen molar-refractivity contribution in [2.24, 2.45) is 0 Å². The maximum atomic E-state index is 13.3. The van der Waals surface area contributed by atoms with Crippen LogP contribution in [-0.4, -0.2) is 48.1 Å². The Labute approximate surface area is 109 Å². The average molecular weight is 271 g/mol. The van der Waals surface area contributed by atoms with E-state index < -0.39 is 24.6 Å². The summed E-state index contributed by atoms with van der Waals surface area (Å²) in [5, 5.41) is 2.29. The summed E-state index contributed by atoms with van der Waals surface area (Å²) in [5.74, 6) is -3.01. The van der Waals surface area contributed by atoms with E-state index in [-0.39, 0.29) is 6.61 Å². The fourth-order valence-electron chi connectivity index (χ4n) is 1.78. The van der Waals surface area contributed by atoms with Crippen LogP contribution < -0.4 is 5.32 Å². The molecule has 19 heavy (non-hydrogen) atoms. The summed E-state index contributed by atoms with van der Waals surface area (Å²) < 4.78 is 31.3. The number of carbonyl (C=O) groups excluding carboxylic acids is 1. The first-order chi connectivity index (χ1) is 8.99. The molecule has 0 saturated carbocycles. The number of nitrogens with zero attached hydrogens (tertiary/aromatic N) is 2. The zero-order valence-electron chi connectivity index (χ0n) is 10.5. The van der Waals surface area contributed by atoms with E-state index in [9.17, 15) is 13.6 Å². The smallest absolute Gasteiger partial charge is 0.317 e. The van der Waals surface area contributed by atoms with Crippen LogP contribution in [0.3, 0.4) is 0 Å². The molecule has 1 aliphatic rings. The molecule has 1 aliphatic heterocycles. The van der Waals surface area contributed by atoms with Crippen LogP contribution in [0.5, 0.6) is 0 Å². The minimum Gasteiger partial charge on any atom is -0.373 e. The predicted octanol–water partition coefficient (Wildman–Crippen LogP) is 1.26. The molecular weight excluding hydrogens is 256 g/mol. The van der Waals surface area contributed by atoms with Gasteiger partial charge in [0.15, 0.2) is 0 Å². The monoisotopic (exact) mass is 271 g/mol. The lowest BCUT2D eigenvalue weighted by Crippen LogP contribution is -2.50. The van der Waals surface area contributed by atoms with Crippen LogP contribution in [0, 0.1) is 0 Å². The Morgan fingerprint density at radius 1 is 1.58 bits per heavy atom. The summed E-state index contributed by atoms with van der Waals surface area (Å²) in [6.07, 6.45) is 3.22. The van der Waals surface area contributed by atoms with Crippen molar-refractivity contribution in [3.63, 3.8) is 0 Å². The zero-order chi connectivity index (χ0) is 13.9. The predicted molar refractivity (Wildman–Crippen MR) is 63.8 cm³/mol. The second-order valence-electron chi connectivity index (χ2n) is 4.49. The number of halogens is 2. The van der Waals surface area contributed by atoms with Gasteiger partial charge in [-0.15, -0.1) is 0 Å². The number of aromatic nitrogens is 1. The lowest BCUT2D eigenvalue weighted by Gasteiger charge is -2.23. The molecule has 1 aromatic heterocycles. The van der Waals surface area contributed by atoms with Gasteiger partial charge in [0.1, 0.15) is 12.6 Å². The number of urea groups is 1. The minimum atomic E-state index is -3.01. The van der Waals surface area contributed by atoms with Crippen molar-refractivity contribution in [2.45, 2.75) is 18.5 Å². The van der Waals surface area contributed by atoms with Gasteiger partial charge >= 0.3 is 6.03 Å². The summed E-state index contributed by atoms with van der Waals surface area (Å²) in [5.41, 5.74) is 0.877. The normalized spacial score (nSPS) is 21.1. The molecule has 1 aromatic rings. The van der Waals surface area contributed by atoms with Gasteiger partial charge in [-0.3, -0.25) is 4.98 Å². The molecule has 0 spiro atoms. The van der Waals surface area contributed by atoms with E-state index in [4.69, 9.17) is 0 Å². The maximum Gasteiger partial charge on any atom is 0.317 e. The Bertz CT molecular complexity index is 442. The molecule has 0 aliphatic carbocycles. The van der Waals surface area contributed by atoms with Gasteiger partial charge in [0.05, 0.1) is 6.61 Å². The minimum absolute atomic E-state index is 0.165. The fraction of sp³-hybridized carbons (Fsp3) is 0.500. The Balaban J connectivity index is 1.89. The Morgan fingerprint density at radius 2 is 2.26 bits per heavy atom. The lowest BCUT2D eigenvalue weighted by atomic mass is 10.2. The highest BCUT2D eigenvalue weighted by molar-refractivity contribution is 5.74. The van der Waals surface area contributed by atoms with Crippen LogP contribution in [0.1, 0.15) is 5.56 Å². The SMILES string of the molecule is CN(Cc1ccncc1)C(=O)N[C@H]1COCC1(F)F. The number of hydrogen-bond donors (Lipinski definition) is 1. The molecule has 7 heteroatoms. The van der Waals surface area contributed by atoms with E-state index in [2.05, 4.69) is 15.0 Å². The molecule has 5 nitrogen and oxygen atoms in total. The van der Waals surface area contributed by atoms with Crippen molar-refractivity contribution in [3.05, 3.63) is 30.1 Å². The maximum absolute atomic E-state index is 13.3. The van der Waals surface area contributed by atoms with Crippen molar-refractivity contribution >= 4 is 6.03 Å². The van der Waals surface area contributed by atoms with Gasteiger partial charge in [-0.25, -0.2) is 13.6 Å². The summed E-state index contributed by atoms with van der Waals surface area (Å²) in [6, 6.07) is 1.71. The molecule has 0 radical (unpaired) electrons. The number of carbonyl (C=O) groups is 1. The number of rotatable bonds is 3. The fourth-order valence-corrected chi connectivity index (χ4v) is 1.78. The molecule has 0 bridgehead atoms. The number of hydrogen-bond acceptors (Lipinski definition) is 3. The van der Waals surface area contributed by atoms with E-state index in [1.807, 2.05) is 0 Å². The second kappa shape index (κ2) is 5.48. The molecular formula is C12H15F2N3O2. The van der Waals surface area contributed by atoms with Gasteiger partial charge in [-0.1, -0.05) is 0 Å². The Hall–Kier alpha value is -1.76. The van der Waals surface area contributed by atoms with E-state index in [1.165, 1.54) is 4.90 Å².